The summed E-state index contributed by atoms with van der Waals surface area (Å²) < 4.78 is 10.4. The molecule has 0 aliphatic heterocycles. The topological polar surface area (TPSA) is 72.6 Å². The van der Waals surface area contributed by atoms with Crippen LogP contribution in [0.4, 0.5) is 11.4 Å². The van der Waals surface area contributed by atoms with E-state index in [4.69, 9.17) is 9.15 Å². The van der Waals surface area contributed by atoms with Gasteiger partial charge in [-0.1, -0.05) is 36.4 Å². The summed E-state index contributed by atoms with van der Waals surface area (Å²) in [5, 5.41) is 0. The Morgan fingerprint density at radius 1 is 0.893 bits per heavy atom. The van der Waals surface area contributed by atoms with Crippen LogP contribution in [-0.2, 0) is 9.53 Å². The fourth-order valence-corrected chi connectivity index (χ4v) is 2.85. The molecule has 0 unspecified atom stereocenters. The number of hydrogen-bond donors (Lipinski definition) is 0. The van der Waals surface area contributed by atoms with Crippen LogP contribution < -0.4 is 4.90 Å². The highest BCUT2D eigenvalue weighted by molar-refractivity contribution is 6.02. The summed E-state index contributed by atoms with van der Waals surface area (Å²) in [6.07, 6.45) is 1.31. The van der Waals surface area contributed by atoms with Gasteiger partial charge in [0.15, 0.2) is 18.6 Å². The second-order valence-corrected chi connectivity index (χ2v) is 6.01. The predicted octanol–water partition coefficient (Wildman–Crippen LogP) is 4.35. The first-order valence-corrected chi connectivity index (χ1v) is 8.66. The number of fused-ring (bicyclic) bond motifs is 1. The molecule has 0 spiro atoms. The Kier molecular flexibility index (Phi) is 4.84. The Labute approximate surface area is 161 Å². The van der Waals surface area contributed by atoms with Gasteiger partial charge in [0, 0.05) is 11.4 Å². The van der Waals surface area contributed by atoms with Crippen LogP contribution in [0.25, 0.3) is 11.1 Å². The lowest BCUT2D eigenvalue weighted by Crippen LogP contribution is -2.30. The molecule has 0 saturated heterocycles. The van der Waals surface area contributed by atoms with E-state index in [2.05, 4.69) is 4.98 Å². The number of esters is 1. The SMILES string of the molecule is O=C(OCC(=O)N(c1ccccc1)c1ccccc1)c1ccc2ocnc2c1. The third kappa shape index (κ3) is 3.61. The number of ether oxygens (including phenoxy) is 1. The molecular formula is C22H16N2O4. The zero-order valence-electron chi connectivity index (χ0n) is 14.8. The third-order valence-corrected chi connectivity index (χ3v) is 4.17. The Morgan fingerprint density at radius 2 is 1.54 bits per heavy atom. The maximum atomic E-state index is 12.9. The van der Waals surface area contributed by atoms with Crippen molar-refractivity contribution in [2.75, 3.05) is 11.5 Å². The fourth-order valence-electron chi connectivity index (χ4n) is 2.85. The maximum Gasteiger partial charge on any atom is 0.338 e. The molecule has 0 saturated carbocycles. The standard InChI is InChI=1S/C22H16N2O4/c25-21(14-27-22(26)16-11-12-20-19(13-16)23-15-28-20)24(17-7-3-1-4-8-17)18-9-5-2-6-10-18/h1-13,15H,14H2. The van der Waals surface area contributed by atoms with Crippen LogP contribution in [0.2, 0.25) is 0 Å². The summed E-state index contributed by atoms with van der Waals surface area (Å²) in [4.78, 5) is 30.8. The van der Waals surface area contributed by atoms with Gasteiger partial charge < -0.3 is 9.15 Å². The highest BCUT2D eigenvalue weighted by Gasteiger charge is 2.20. The molecule has 1 amide bonds. The van der Waals surface area contributed by atoms with Crippen molar-refractivity contribution in [3.8, 4) is 0 Å². The summed E-state index contributed by atoms with van der Waals surface area (Å²) >= 11 is 0. The van der Waals surface area contributed by atoms with E-state index >= 15 is 0 Å². The van der Waals surface area contributed by atoms with Gasteiger partial charge >= 0.3 is 5.97 Å². The molecule has 0 bridgehead atoms. The first-order chi connectivity index (χ1) is 13.7. The second kappa shape index (κ2) is 7.75. The summed E-state index contributed by atoms with van der Waals surface area (Å²) in [5.74, 6) is -0.951. The predicted molar refractivity (Wildman–Crippen MR) is 104 cm³/mol. The van der Waals surface area contributed by atoms with Gasteiger partial charge in [0.1, 0.15) is 5.52 Å². The van der Waals surface area contributed by atoms with E-state index in [9.17, 15) is 9.59 Å². The number of aromatic nitrogens is 1. The molecule has 0 radical (unpaired) electrons. The van der Waals surface area contributed by atoms with E-state index in [0.717, 1.165) is 0 Å². The number of amides is 1. The number of anilines is 2. The molecule has 0 fully saturated rings. The zero-order valence-corrected chi connectivity index (χ0v) is 14.8. The van der Waals surface area contributed by atoms with Crippen LogP contribution in [0.15, 0.2) is 89.7 Å². The summed E-state index contributed by atoms with van der Waals surface area (Å²) in [6.45, 7) is -0.389. The fraction of sp³-hybridized carbons (Fsp3) is 0.0455. The Hall–Kier alpha value is -3.93. The number of rotatable bonds is 5. The lowest BCUT2D eigenvalue weighted by Gasteiger charge is -2.22. The molecule has 6 nitrogen and oxygen atoms in total. The van der Waals surface area contributed by atoms with Crippen molar-refractivity contribution in [2.45, 2.75) is 0 Å². The Bertz CT molecular complexity index is 1070. The molecule has 0 atom stereocenters. The highest BCUT2D eigenvalue weighted by atomic mass is 16.5. The number of oxazole rings is 1. The molecule has 28 heavy (non-hydrogen) atoms. The van der Waals surface area contributed by atoms with Gasteiger partial charge in [0.2, 0.25) is 0 Å². The van der Waals surface area contributed by atoms with Gasteiger partial charge in [-0.15, -0.1) is 0 Å². The molecular weight excluding hydrogens is 356 g/mol. The number of para-hydroxylation sites is 2. The van der Waals surface area contributed by atoms with Crippen LogP contribution >= 0.6 is 0 Å². The first kappa shape index (κ1) is 17.5. The molecule has 1 aromatic heterocycles. The average Bonchev–Trinajstić information content (AvgIpc) is 3.22. The van der Waals surface area contributed by atoms with Gasteiger partial charge in [-0.3, -0.25) is 9.69 Å². The smallest absolute Gasteiger partial charge is 0.338 e. The first-order valence-electron chi connectivity index (χ1n) is 8.66. The molecule has 0 aliphatic carbocycles. The minimum atomic E-state index is -0.598. The normalized spacial score (nSPS) is 10.6. The quantitative estimate of drug-likeness (QED) is 0.487. The molecule has 0 N–H and O–H groups in total. The monoisotopic (exact) mass is 372 g/mol. The Balaban J connectivity index is 1.52. The van der Waals surface area contributed by atoms with Gasteiger partial charge in [0.05, 0.1) is 5.56 Å². The molecule has 6 heteroatoms. The van der Waals surface area contributed by atoms with E-state index in [1.807, 2.05) is 60.7 Å². The van der Waals surface area contributed by atoms with Crippen LogP contribution in [-0.4, -0.2) is 23.5 Å². The lowest BCUT2D eigenvalue weighted by atomic mass is 10.2. The van der Waals surface area contributed by atoms with Crippen LogP contribution in [0.5, 0.6) is 0 Å². The molecule has 1 heterocycles. The third-order valence-electron chi connectivity index (χ3n) is 4.17. The van der Waals surface area contributed by atoms with Gasteiger partial charge in [-0.2, -0.15) is 0 Å². The number of hydrogen-bond acceptors (Lipinski definition) is 5. The maximum absolute atomic E-state index is 12.9. The van der Waals surface area contributed by atoms with E-state index < -0.39 is 5.97 Å². The van der Waals surface area contributed by atoms with E-state index in [1.54, 1.807) is 18.2 Å². The van der Waals surface area contributed by atoms with Gasteiger partial charge in [-0.25, -0.2) is 9.78 Å². The van der Waals surface area contributed by atoms with Crippen molar-refractivity contribution in [3.63, 3.8) is 0 Å². The lowest BCUT2D eigenvalue weighted by molar-refractivity contribution is -0.120. The number of carbonyl (C=O) groups excluding carboxylic acids is 2. The molecule has 138 valence electrons. The zero-order chi connectivity index (χ0) is 19.3. The second-order valence-electron chi connectivity index (χ2n) is 6.01. The van der Waals surface area contributed by atoms with Crippen LogP contribution in [0.1, 0.15) is 10.4 Å². The number of benzene rings is 3. The highest BCUT2D eigenvalue weighted by Crippen LogP contribution is 2.25. The largest absolute Gasteiger partial charge is 0.452 e. The summed E-state index contributed by atoms with van der Waals surface area (Å²) in [5.41, 5.74) is 2.82. The van der Waals surface area contributed by atoms with E-state index in [0.29, 0.717) is 28.0 Å². The molecule has 0 aliphatic rings. The van der Waals surface area contributed by atoms with E-state index in [1.165, 1.54) is 11.3 Å². The average molecular weight is 372 g/mol. The van der Waals surface area contributed by atoms with Crippen molar-refractivity contribution in [1.29, 1.82) is 0 Å². The van der Waals surface area contributed by atoms with Gasteiger partial charge in [0.25, 0.3) is 5.91 Å². The van der Waals surface area contributed by atoms with Crippen molar-refractivity contribution in [3.05, 3.63) is 90.8 Å². The Morgan fingerprint density at radius 3 is 2.18 bits per heavy atom. The van der Waals surface area contributed by atoms with Crippen molar-refractivity contribution in [1.82, 2.24) is 4.98 Å². The molecule has 4 rings (SSSR count). The van der Waals surface area contributed by atoms with Crippen molar-refractivity contribution in [2.24, 2.45) is 0 Å². The van der Waals surface area contributed by atoms with Crippen LogP contribution in [0.3, 0.4) is 0 Å². The molecule has 4 aromatic rings. The number of nitrogens with zero attached hydrogens (tertiary/aromatic N) is 2. The van der Waals surface area contributed by atoms with Crippen LogP contribution in [0, 0.1) is 0 Å². The number of carbonyl (C=O) groups is 2. The minimum absolute atomic E-state index is 0.306. The minimum Gasteiger partial charge on any atom is -0.452 e. The molecule has 3 aromatic carbocycles. The van der Waals surface area contributed by atoms with E-state index in [-0.39, 0.29) is 12.5 Å². The van der Waals surface area contributed by atoms with Gasteiger partial charge in [-0.05, 0) is 42.5 Å². The summed E-state index contributed by atoms with van der Waals surface area (Å²) in [7, 11) is 0. The summed E-state index contributed by atoms with van der Waals surface area (Å²) in [6, 6.07) is 23.2. The van der Waals surface area contributed by atoms with Crippen molar-refractivity contribution < 1.29 is 18.7 Å². The van der Waals surface area contributed by atoms with Crippen molar-refractivity contribution >= 4 is 34.4 Å².